The molecular weight excluding hydrogens is 322 g/mol. The first-order chi connectivity index (χ1) is 12.4. The molecule has 2 aromatic carbocycles. The molecule has 0 aliphatic carbocycles. The lowest BCUT2D eigenvalue weighted by molar-refractivity contribution is -0.129. The van der Waals surface area contributed by atoms with Crippen LogP contribution in [0.4, 0.5) is 0 Å². The minimum atomic E-state index is -0.492. The Kier molecular flexibility index (Phi) is 7.26. The van der Waals surface area contributed by atoms with Crippen molar-refractivity contribution in [2.24, 2.45) is 5.92 Å². The molecular formula is C23H31NO2. The molecule has 0 radical (unpaired) electrons. The first kappa shape index (κ1) is 20.0. The maximum atomic E-state index is 12.9. The van der Waals surface area contributed by atoms with Crippen LogP contribution in [0.15, 0.2) is 48.5 Å². The number of aryl methyl sites for hydroxylation is 2. The summed E-state index contributed by atoms with van der Waals surface area (Å²) >= 11 is 0. The van der Waals surface area contributed by atoms with Gasteiger partial charge in [0.2, 0.25) is 0 Å². The van der Waals surface area contributed by atoms with E-state index in [2.05, 4.69) is 37.4 Å². The summed E-state index contributed by atoms with van der Waals surface area (Å²) in [6.07, 6.45) is 1.03. The lowest BCUT2D eigenvalue weighted by atomic mass is 9.96. The molecule has 0 aromatic heterocycles. The van der Waals surface area contributed by atoms with Gasteiger partial charge in [0, 0.05) is 0 Å². The fourth-order valence-corrected chi connectivity index (χ4v) is 3.01. The lowest BCUT2D eigenvalue weighted by Gasteiger charge is -2.25. The molecule has 1 amide bonds. The number of nitrogens with one attached hydrogen (secondary N) is 1. The van der Waals surface area contributed by atoms with Crippen molar-refractivity contribution in [3.8, 4) is 5.75 Å². The molecule has 2 atom stereocenters. The second-order valence-electron chi connectivity index (χ2n) is 7.39. The van der Waals surface area contributed by atoms with Gasteiger partial charge in [-0.2, -0.15) is 0 Å². The predicted molar refractivity (Wildman–Crippen MR) is 107 cm³/mol. The van der Waals surface area contributed by atoms with Crippen molar-refractivity contribution < 1.29 is 9.53 Å². The second-order valence-corrected chi connectivity index (χ2v) is 7.39. The van der Waals surface area contributed by atoms with Crippen LogP contribution in [0.25, 0.3) is 0 Å². The molecule has 0 heterocycles. The number of carbonyl (C=O) groups is 1. The molecule has 0 saturated carbocycles. The topological polar surface area (TPSA) is 38.3 Å². The van der Waals surface area contributed by atoms with Crippen molar-refractivity contribution in [3.63, 3.8) is 0 Å². The van der Waals surface area contributed by atoms with Gasteiger partial charge in [0.1, 0.15) is 5.75 Å². The highest BCUT2D eigenvalue weighted by Crippen LogP contribution is 2.24. The van der Waals surface area contributed by atoms with Gasteiger partial charge < -0.3 is 10.1 Å². The molecule has 0 unspecified atom stereocenters. The largest absolute Gasteiger partial charge is 0.480 e. The quantitative estimate of drug-likeness (QED) is 0.693. The number of benzene rings is 2. The highest BCUT2D eigenvalue weighted by atomic mass is 16.5. The third-order valence-corrected chi connectivity index (χ3v) is 4.50. The normalized spacial score (nSPS) is 13.3. The summed E-state index contributed by atoms with van der Waals surface area (Å²) in [5.41, 5.74) is 3.31. The maximum Gasteiger partial charge on any atom is 0.261 e. The molecule has 2 aromatic rings. The summed E-state index contributed by atoms with van der Waals surface area (Å²) in [7, 11) is 0. The molecule has 1 N–H and O–H groups in total. The zero-order valence-corrected chi connectivity index (χ0v) is 16.6. The number of hydrogen-bond donors (Lipinski definition) is 1. The van der Waals surface area contributed by atoms with Gasteiger partial charge in [-0.05, 0) is 55.4 Å². The van der Waals surface area contributed by atoms with Gasteiger partial charge in [-0.25, -0.2) is 0 Å². The van der Waals surface area contributed by atoms with Crippen LogP contribution >= 0.6 is 0 Å². The molecule has 0 spiro atoms. The van der Waals surface area contributed by atoms with E-state index in [0.717, 1.165) is 28.9 Å². The summed E-state index contributed by atoms with van der Waals surface area (Å²) in [5.74, 6) is 1.22. The van der Waals surface area contributed by atoms with E-state index in [1.165, 1.54) is 0 Å². The van der Waals surface area contributed by atoms with E-state index < -0.39 is 6.10 Å². The van der Waals surface area contributed by atoms with E-state index in [9.17, 15) is 4.79 Å². The van der Waals surface area contributed by atoms with Crippen molar-refractivity contribution >= 4 is 5.91 Å². The first-order valence-corrected chi connectivity index (χ1v) is 9.50. The van der Waals surface area contributed by atoms with Gasteiger partial charge in [-0.3, -0.25) is 4.79 Å². The van der Waals surface area contributed by atoms with Gasteiger partial charge in [0.15, 0.2) is 6.10 Å². The van der Waals surface area contributed by atoms with Crippen molar-refractivity contribution in [2.45, 2.75) is 59.6 Å². The van der Waals surface area contributed by atoms with Crippen molar-refractivity contribution in [1.29, 1.82) is 0 Å². The first-order valence-electron chi connectivity index (χ1n) is 9.50. The Labute approximate surface area is 157 Å². The van der Waals surface area contributed by atoms with E-state index in [0.29, 0.717) is 12.3 Å². The van der Waals surface area contributed by atoms with Crippen molar-refractivity contribution in [1.82, 2.24) is 5.32 Å². The summed E-state index contributed by atoms with van der Waals surface area (Å²) in [5, 5.41) is 3.21. The zero-order valence-electron chi connectivity index (χ0n) is 16.6. The van der Waals surface area contributed by atoms with Crippen LogP contribution in [0.2, 0.25) is 0 Å². The molecule has 26 heavy (non-hydrogen) atoms. The van der Waals surface area contributed by atoms with Crippen molar-refractivity contribution in [2.75, 3.05) is 0 Å². The zero-order chi connectivity index (χ0) is 19.1. The maximum absolute atomic E-state index is 12.9. The van der Waals surface area contributed by atoms with Crippen LogP contribution in [0.3, 0.4) is 0 Å². The van der Waals surface area contributed by atoms with Crippen LogP contribution in [-0.4, -0.2) is 12.0 Å². The Morgan fingerprint density at radius 2 is 1.77 bits per heavy atom. The molecule has 3 nitrogen and oxygen atoms in total. The molecule has 0 saturated heterocycles. The van der Waals surface area contributed by atoms with Gasteiger partial charge >= 0.3 is 0 Å². The van der Waals surface area contributed by atoms with Crippen LogP contribution in [-0.2, 0) is 4.79 Å². The Morgan fingerprint density at radius 3 is 2.38 bits per heavy atom. The fourth-order valence-electron chi connectivity index (χ4n) is 3.01. The molecule has 2 rings (SSSR count). The number of ether oxygens (including phenoxy) is 1. The van der Waals surface area contributed by atoms with E-state index in [-0.39, 0.29) is 11.9 Å². The standard InChI is InChI=1S/C23H31NO2/c1-6-21(26-22-15-17(4)12-13-18(22)5)23(25)24-20(14-16(2)3)19-10-8-7-9-11-19/h7-13,15-16,20-21H,6,14H2,1-5H3,(H,24,25)/t20-,21+/m1/s1. The lowest BCUT2D eigenvalue weighted by Crippen LogP contribution is -2.40. The highest BCUT2D eigenvalue weighted by Gasteiger charge is 2.23. The van der Waals surface area contributed by atoms with E-state index >= 15 is 0 Å². The Bertz CT molecular complexity index is 709. The van der Waals surface area contributed by atoms with Gasteiger partial charge in [0.05, 0.1) is 6.04 Å². The van der Waals surface area contributed by atoms with E-state index in [4.69, 9.17) is 4.74 Å². The molecule has 3 heteroatoms. The van der Waals surface area contributed by atoms with Crippen LogP contribution in [0.5, 0.6) is 5.75 Å². The molecule has 0 aliphatic heterocycles. The Hall–Kier alpha value is -2.29. The summed E-state index contributed by atoms with van der Waals surface area (Å²) in [6, 6.07) is 16.2. The minimum Gasteiger partial charge on any atom is -0.480 e. The fraction of sp³-hybridized carbons (Fsp3) is 0.435. The number of hydrogen-bond acceptors (Lipinski definition) is 2. The van der Waals surface area contributed by atoms with Crippen molar-refractivity contribution in [3.05, 3.63) is 65.2 Å². The van der Waals surface area contributed by atoms with Crippen LogP contribution in [0, 0.1) is 19.8 Å². The average molecular weight is 354 g/mol. The third-order valence-electron chi connectivity index (χ3n) is 4.50. The monoisotopic (exact) mass is 353 g/mol. The van der Waals surface area contributed by atoms with E-state index in [1.807, 2.05) is 51.1 Å². The second kappa shape index (κ2) is 9.42. The van der Waals surface area contributed by atoms with E-state index in [1.54, 1.807) is 0 Å². The van der Waals surface area contributed by atoms with Crippen LogP contribution in [0.1, 0.15) is 56.3 Å². The molecule has 140 valence electrons. The number of carbonyl (C=O) groups excluding carboxylic acids is 1. The van der Waals surface area contributed by atoms with Gasteiger partial charge in [-0.15, -0.1) is 0 Å². The SMILES string of the molecule is CC[C@H](Oc1cc(C)ccc1C)C(=O)N[C@H](CC(C)C)c1ccccc1. The minimum absolute atomic E-state index is 0.0000404. The summed E-state index contributed by atoms with van der Waals surface area (Å²) < 4.78 is 6.07. The third kappa shape index (κ3) is 5.62. The van der Waals surface area contributed by atoms with Gasteiger partial charge in [-0.1, -0.05) is 63.2 Å². The van der Waals surface area contributed by atoms with Gasteiger partial charge in [0.25, 0.3) is 5.91 Å². The average Bonchev–Trinajstić information content (AvgIpc) is 2.62. The predicted octanol–water partition coefficient (Wildman–Crippen LogP) is 5.36. The summed E-state index contributed by atoms with van der Waals surface area (Å²) in [4.78, 5) is 12.9. The number of amides is 1. The highest BCUT2D eigenvalue weighted by molar-refractivity contribution is 5.81. The Morgan fingerprint density at radius 1 is 1.08 bits per heavy atom. The molecule has 0 aliphatic rings. The number of rotatable bonds is 8. The molecule has 0 fully saturated rings. The Balaban J connectivity index is 2.14. The van der Waals surface area contributed by atoms with Crippen LogP contribution < -0.4 is 10.1 Å². The summed E-state index contributed by atoms with van der Waals surface area (Å²) in [6.45, 7) is 10.4. The smallest absolute Gasteiger partial charge is 0.261 e. The molecule has 0 bridgehead atoms.